The Morgan fingerprint density at radius 2 is 2.07 bits per heavy atom. The zero-order chi connectivity index (χ0) is 19.1. The van der Waals surface area contributed by atoms with Gasteiger partial charge in [-0.2, -0.15) is 5.10 Å². The van der Waals surface area contributed by atoms with E-state index in [2.05, 4.69) is 20.7 Å². The number of nitrogens with zero attached hydrogens (tertiary/aromatic N) is 3. The number of halogens is 1. The molecule has 0 aliphatic rings. The first-order valence-corrected chi connectivity index (χ1v) is 7.73. The van der Waals surface area contributed by atoms with Crippen molar-refractivity contribution in [3.8, 4) is 11.5 Å². The second kappa shape index (κ2) is 9.94. The summed E-state index contributed by atoms with van der Waals surface area (Å²) in [6.45, 7) is -0.589. The van der Waals surface area contributed by atoms with Crippen molar-refractivity contribution in [3.63, 3.8) is 0 Å². The van der Waals surface area contributed by atoms with Crippen LogP contribution in [0.15, 0.2) is 33.8 Å². The summed E-state index contributed by atoms with van der Waals surface area (Å²) in [5.74, 6) is -2.70. The number of anilines is 1. The SMILES string of the molecule is Cl.Nc1nc(C(=NOCC(=O)NN=Cc2ccc(O)c(O)c2)C(=O)O)cs1. The van der Waals surface area contributed by atoms with Crippen LogP contribution in [-0.4, -0.2) is 50.7 Å². The molecule has 0 aliphatic carbocycles. The van der Waals surface area contributed by atoms with Gasteiger partial charge in [0.15, 0.2) is 23.2 Å². The minimum atomic E-state index is -1.39. The molecule has 0 atom stereocenters. The summed E-state index contributed by atoms with van der Waals surface area (Å²) in [6.07, 6.45) is 1.22. The number of amides is 1. The molecule has 0 radical (unpaired) electrons. The highest BCUT2D eigenvalue weighted by molar-refractivity contribution is 7.13. The number of oxime groups is 1. The number of thiazole rings is 1. The number of hydrogen-bond donors (Lipinski definition) is 5. The summed E-state index contributed by atoms with van der Waals surface area (Å²) in [7, 11) is 0. The van der Waals surface area contributed by atoms with Gasteiger partial charge in [0.25, 0.3) is 5.91 Å². The van der Waals surface area contributed by atoms with Crippen molar-refractivity contribution >= 4 is 52.7 Å². The van der Waals surface area contributed by atoms with Gasteiger partial charge in [0.2, 0.25) is 5.71 Å². The molecule has 6 N–H and O–H groups in total. The van der Waals surface area contributed by atoms with E-state index in [1.807, 2.05) is 0 Å². The molecule has 0 aliphatic heterocycles. The van der Waals surface area contributed by atoms with E-state index in [0.29, 0.717) is 5.56 Å². The molecule has 11 nitrogen and oxygen atoms in total. The van der Waals surface area contributed by atoms with E-state index in [1.54, 1.807) is 0 Å². The number of hydrazone groups is 1. The number of aromatic nitrogens is 1. The zero-order valence-electron chi connectivity index (χ0n) is 13.4. The lowest BCUT2D eigenvalue weighted by Gasteiger charge is -2.01. The Bertz CT molecular complexity index is 885. The molecule has 2 aromatic rings. The van der Waals surface area contributed by atoms with Gasteiger partial charge >= 0.3 is 5.97 Å². The maximum atomic E-state index is 11.6. The number of carbonyl (C=O) groups is 2. The van der Waals surface area contributed by atoms with Crippen molar-refractivity contribution < 1.29 is 29.7 Å². The molecular weight excluding hydrogens is 402 g/mol. The third-order valence-electron chi connectivity index (χ3n) is 2.72. The lowest BCUT2D eigenvalue weighted by atomic mass is 10.2. The van der Waals surface area contributed by atoms with Crippen LogP contribution in [0.25, 0.3) is 0 Å². The van der Waals surface area contributed by atoms with Gasteiger partial charge in [0.1, 0.15) is 5.69 Å². The van der Waals surface area contributed by atoms with Gasteiger partial charge in [-0.15, -0.1) is 23.7 Å². The zero-order valence-corrected chi connectivity index (χ0v) is 15.0. The van der Waals surface area contributed by atoms with Crippen LogP contribution in [0, 0.1) is 0 Å². The Hall–Kier alpha value is -3.38. The van der Waals surface area contributed by atoms with Gasteiger partial charge in [0.05, 0.1) is 6.21 Å². The average molecular weight is 416 g/mol. The van der Waals surface area contributed by atoms with Gasteiger partial charge in [-0.05, 0) is 23.8 Å². The summed E-state index contributed by atoms with van der Waals surface area (Å²) in [6, 6.07) is 3.96. The Kier molecular flexibility index (Phi) is 7.97. The van der Waals surface area contributed by atoms with Crippen molar-refractivity contribution in [1.82, 2.24) is 10.4 Å². The van der Waals surface area contributed by atoms with Gasteiger partial charge in [-0.25, -0.2) is 15.2 Å². The molecule has 0 bridgehead atoms. The van der Waals surface area contributed by atoms with E-state index in [1.165, 1.54) is 29.8 Å². The normalized spacial score (nSPS) is 11.0. The van der Waals surface area contributed by atoms with Gasteiger partial charge in [0, 0.05) is 5.38 Å². The van der Waals surface area contributed by atoms with E-state index >= 15 is 0 Å². The van der Waals surface area contributed by atoms with Crippen LogP contribution >= 0.6 is 23.7 Å². The van der Waals surface area contributed by atoms with E-state index in [0.717, 1.165) is 11.3 Å². The number of nitrogens with one attached hydrogen (secondary N) is 1. The molecule has 2 rings (SSSR count). The maximum Gasteiger partial charge on any atom is 0.360 e. The quantitative estimate of drug-likeness (QED) is 0.246. The highest BCUT2D eigenvalue weighted by atomic mass is 35.5. The molecule has 1 heterocycles. The molecule has 13 heteroatoms. The summed E-state index contributed by atoms with van der Waals surface area (Å²) in [5, 5.41) is 36.1. The molecule has 0 unspecified atom stereocenters. The summed E-state index contributed by atoms with van der Waals surface area (Å²) >= 11 is 1.04. The predicted molar refractivity (Wildman–Crippen MR) is 99.4 cm³/mol. The number of nitrogens with two attached hydrogens (primary N) is 1. The third kappa shape index (κ3) is 6.45. The smallest absolute Gasteiger partial charge is 0.360 e. The molecule has 0 fully saturated rings. The second-order valence-corrected chi connectivity index (χ2v) is 5.52. The molecule has 0 saturated heterocycles. The van der Waals surface area contributed by atoms with E-state index in [4.69, 9.17) is 15.7 Å². The van der Waals surface area contributed by atoms with Gasteiger partial charge in [-0.1, -0.05) is 5.16 Å². The van der Waals surface area contributed by atoms with Crippen molar-refractivity contribution in [2.75, 3.05) is 12.3 Å². The number of aliphatic carboxylic acids is 1. The van der Waals surface area contributed by atoms with Gasteiger partial charge < -0.3 is 25.9 Å². The maximum absolute atomic E-state index is 11.6. The second-order valence-electron chi connectivity index (χ2n) is 4.63. The number of carbonyl (C=O) groups excluding carboxylic acids is 1. The monoisotopic (exact) mass is 415 g/mol. The van der Waals surface area contributed by atoms with Crippen LogP contribution in [0.1, 0.15) is 11.3 Å². The fourth-order valence-corrected chi connectivity index (χ4v) is 2.13. The van der Waals surface area contributed by atoms with Crippen LogP contribution in [0.2, 0.25) is 0 Å². The van der Waals surface area contributed by atoms with Crippen LogP contribution in [-0.2, 0) is 14.4 Å². The summed E-state index contributed by atoms with van der Waals surface area (Å²) < 4.78 is 0. The molecule has 0 spiro atoms. The number of benzene rings is 1. The molecule has 1 aromatic carbocycles. The lowest BCUT2D eigenvalue weighted by molar-refractivity contribution is -0.130. The Morgan fingerprint density at radius 1 is 1.33 bits per heavy atom. The fraction of sp³-hybridized carbons (Fsp3) is 0.0714. The Labute approximate surface area is 162 Å². The van der Waals surface area contributed by atoms with Crippen molar-refractivity contribution in [2.24, 2.45) is 10.3 Å². The minimum absolute atomic E-state index is 0. The van der Waals surface area contributed by atoms with E-state index in [-0.39, 0.29) is 34.7 Å². The molecule has 27 heavy (non-hydrogen) atoms. The van der Waals surface area contributed by atoms with Crippen molar-refractivity contribution in [1.29, 1.82) is 0 Å². The van der Waals surface area contributed by atoms with Crippen LogP contribution < -0.4 is 11.2 Å². The molecular formula is C14H14ClN5O6S. The topological polar surface area (TPSA) is 180 Å². The molecule has 0 saturated carbocycles. The van der Waals surface area contributed by atoms with Crippen molar-refractivity contribution in [3.05, 3.63) is 34.8 Å². The Balaban J connectivity index is 0.00000364. The van der Waals surface area contributed by atoms with Gasteiger partial charge in [-0.3, -0.25) is 4.79 Å². The number of rotatable bonds is 7. The number of hydrogen-bond acceptors (Lipinski definition) is 10. The molecule has 1 amide bonds. The Morgan fingerprint density at radius 3 is 2.67 bits per heavy atom. The fourth-order valence-electron chi connectivity index (χ4n) is 1.58. The number of phenolic OH excluding ortho intramolecular Hbond substituents is 2. The third-order valence-corrected chi connectivity index (χ3v) is 3.39. The standard InChI is InChI=1S/C14H13N5O6S.ClH/c15-14-17-8(6-26-14)12(13(23)24)19-25-5-11(22)18-16-4-7-1-2-9(20)10(21)3-7;/h1-4,6,20-21H,5H2,(H2,15,17)(H,18,22)(H,23,24);1H. The first-order chi connectivity index (χ1) is 12.4. The molecule has 144 valence electrons. The number of carboxylic acids is 1. The predicted octanol–water partition coefficient (Wildman–Crippen LogP) is 0.514. The summed E-state index contributed by atoms with van der Waals surface area (Å²) in [4.78, 5) is 31.1. The number of nitrogen functional groups attached to an aromatic ring is 1. The lowest BCUT2D eigenvalue weighted by Crippen LogP contribution is -2.23. The highest BCUT2D eigenvalue weighted by Crippen LogP contribution is 2.23. The van der Waals surface area contributed by atoms with E-state index in [9.17, 15) is 19.8 Å². The summed E-state index contributed by atoms with van der Waals surface area (Å²) in [5.41, 5.74) is 7.50. The number of phenols is 2. The van der Waals surface area contributed by atoms with E-state index < -0.39 is 24.2 Å². The largest absolute Gasteiger partial charge is 0.504 e. The minimum Gasteiger partial charge on any atom is -0.504 e. The van der Waals surface area contributed by atoms with Crippen molar-refractivity contribution in [2.45, 2.75) is 0 Å². The first kappa shape index (κ1) is 21.7. The van der Waals surface area contributed by atoms with Crippen LogP contribution in [0.5, 0.6) is 11.5 Å². The van der Waals surface area contributed by atoms with Crippen LogP contribution in [0.3, 0.4) is 0 Å². The van der Waals surface area contributed by atoms with Crippen LogP contribution in [0.4, 0.5) is 5.13 Å². The molecule has 1 aromatic heterocycles. The first-order valence-electron chi connectivity index (χ1n) is 6.85. The highest BCUT2D eigenvalue weighted by Gasteiger charge is 2.17. The number of aromatic hydroxyl groups is 2. The average Bonchev–Trinajstić information content (AvgIpc) is 3.00. The number of carboxylic acid groups (broad SMARTS) is 1.